The summed E-state index contributed by atoms with van der Waals surface area (Å²) in [5.41, 5.74) is 1.03. The Morgan fingerprint density at radius 1 is 1.43 bits per heavy atom. The Balaban J connectivity index is 1.55. The van der Waals surface area contributed by atoms with Gasteiger partial charge in [-0.15, -0.1) is 11.3 Å². The van der Waals surface area contributed by atoms with E-state index in [2.05, 4.69) is 14.8 Å². The summed E-state index contributed by atoms with van der Waals surface area (Å²) in [6.45, 7) is 6.64. The van der Waals surface area contributed by atoms with Gasteiger partial charge in [-0.05, 0) is 25.7 Å². The van der Waals surface area contributed by atoms with Crippen LogP contribution in [0.3, 0.4) is 0 Å². The van der Waals surface area contributed by atoms with Crippen LogP contribution in [-0.2, 0) is 9.53 Å². The fraction of sp³-hybridized carbons (Fsp3) is 0.750. The molecule has 7 heteroatoms. The third-order valence-corrected chi connectivity index (χ3v) is 6.80. The molecule has 0 N–H and O–H groups in total. The van der Waals surface area contributed by atoms with Crippen molar-refractivity contribution in [3.05, 3.63) is 11.1 Å². The molecular formula is C16H25N3O2S2. The maximum atomic E-state index is 12.6. The van der Waals surface area contributed by atoms with Gasteiger partial charge in [0.05, 0.1) is 12.4 Å². The van der Waals surface area contributed by atoms with Gasteiger partial charge >= 0.3 is 0 Å². The Labute approximate surface area is 146 Å². The molecule has 0 saturated carbocycles. The molecule has 128 valence electrons. The summed E-state index contributed by atoms with van der Waals surface area (Å²) in [6.07, 6.45) is 2.45. The summed E-state index contributed by atoms with van der Waals surface area (Å²) >= 11 is 3.19. The zero-order valence-corrected chi connectivity index (χ0v) is 15.5. The highest BCUT2D eigenvalue weighted by molar-refractivity contribution is 8.01. The molecule has 5 nitrogen and oxygen atoms in total. The number of hydrogen-bond donors (Lipinski definition) is 0. The highest BCUT2D eigenvalue weighted by Crippen LogP contribution is 2.29. The van der Waals surface area contributed by atoms with Gasteiger partial charge in [-0.2, -0.15) is 0 Å². The van der Waals surface area contributed by atoms with E-state index in [1.54, 1.807) is 30.2 Å². The molecule has 0 aromatic carbocycles. The van der Waals surface area contributed by atoms with Crippen LogP contribution in [0.1, 0.15) is 18.5 Å². The van der Waals surface area contributed by atoms with Crippen LogP contribution in [-0.4, -0.2) is 72.4 Å². The van der Waals surface area contributed by atoms with Crippen molar-refractivity contribution in [1.82, 2.24) is 14.8 Å². The Morgan fingerprint density at radius 3 is 3.04 bits per heavy atom. The van der Waals surface area contributed by atoms with E-state index in [1.807, 2.05) is 12.3 Å². The van der Waals surface area contributed by atoms with E-state index in [4.69, 9.17) is 4.74 Å². The number of nitrogens with zero attached hydrogens (tertiary/aromatic N) is 3. The molecule has 3 saturated heterocycles. The van der Waals surface area contributed by atoms with Gasteiger partial charge in [0.2, 0.25) is 5.91 Å². The molecule has 0 spiro atoms. The van der Waals surface area contributed by atoms with E-state index in [0.717, 1.165) is 42.8 Å². The largest absolute Gasteiger partial charge is 0.383 e. The lowest BCUT2D eigenvalue weighted by Gasteiger charge is -2.35. The van der Waals surface area contributed by atoms with Crippen LogP contribution in [0.4, 0.5) is 0 Å². The Hall–Kier alpha value is -0.630. The molecule has 1 amide bonds. The number of carbonyl (C=O) groups is 1. The number of aryl methyl sites for hydroxylation is 1. The molecule has 2 atom stereocenters. The third kappa shape index (κ3) is 4.47. The fourth-order valence-corrected chi connectivity index (χ4v) is 5.23. The van der Waals surface area contributed by atoms with Crippen molar-refractivity contribution in [3.63, 3.8) is 0 Å². The van der Waals surface area contributed by atoms with Gasteiger partial charge in [-0.25, -0.2) is 4.98 Å². The quantitative estimate of drug-likeness (QED) is 0.732. The Morgan fingerprint density at radius 2 is 2.30 bits per heavy atom. The molecule has 4 heterocycles. The molecule has 0 radical (unpaired) electrons. The number of ether oxygens (including phenoxy) is 1. The number of carbonyl (C=O) groups excluding carboxylic acids is 1. The molecule has 1 aromatic rings. The first-order valence-corrected chi connectivity index (χ1v) is 10.1. The van der Waals surface area contributed by atoms with Gasteiger partial charge in [0.1, 0.15) is 0 Å². The summed E-state index contributed by atoms with van der Waals surface area (Å²) in [6, 6.07) is 0.500. The van der Waals surface area contributed by atoms with E-state index in [-0.39, 0.29) is 5.91 Å². The SMILES string of the molecule is COCCN1C[C@H]2CC[C@@H]1CN(C(=O)CSc1nc(C)cs1)C2. The molecule has 4 rings (SSSR count). The highest BCUT2D eigenvalue weighted by Gasteiger charge is 2.36. The minimum atomic E-state index is 0.258. The fourth-order valence-electron chi connectivity index (χ4n) is 3.48. The minimum Gasteiger partial charge on any atom is -0.383 e. The molecule has 2 bridgehead atoms. The molecule has 0 unspecified atom stereocenters. The second-order valence-corrected chi connectivity index (χ2v) is 8.51. The second kappa shape index (κ2) is 7.96. The average molecular weight is 356 g/mol. The number of methoxy groups -OCH3 is 1. The molecule has 3 aliphatic rings. The van der Waals surface area contributed by atoms with Gasteiger partial charge in [0.25, 0.3) is 0 Å². The number of thioether (sulfide) groups is 1. The monoisotopic (exact) mass is 355 g/mol. The standard InChI is InChI=1S/C16H25N3O2S2/c1-12-10-22-16(17-12)23-11-15(20)19-8-13-3-4-14(9-19)18(7-13)5-6-21-2/h10,13-14H,3-9,11H2,1-2H3/t13-,14-/m1/s1. The molecular weight excluding hydrogens is 330 g/mol. The van der Waals surface area contributed by atoms with Crippen LogP contribution in [0.5, 0.6) is 0 Å². The summed E-state index contributed by atoms with van der Waals surface area (Å²) in [5.74, 6) is 1.37. The van der Waals surface area contributed by atoms with Crippen molar-refractivity contribution in [2.75, 3.05) is 45.6 Å². The highest BCUT2D eigenvalue weighted by atomic mass is 32.2. The Kier molecular flexibility index (Phi) is 5.96. The van der Waals surface area contributed by atoms with E-state index in [0.29, 0.717) is 17.7 Å². The van der Waals surface area contributed by atoms with Crippen molar-refractivity contribution in [3.8, 4) is 0 Å². The molecule has 1 aromatic heterocycles. The number of rotatable bonds is 6. The zero-order valence-electron chi connectivity index (χ0n) is 13.9. The smallest absolute Gasteiger partial charge is 0.233 e. The van der Waals surface area contributed by atoms with Gasteiger partial charge in [0, 0.05) is 50.4 Å². The number of hydrogen-bond acceptors (Lipinski definition) is 6. The topological polar surface area (TPSA) is 45.7 Å². The number of aromatic nitrogens is 1. The molecule has 3 fully saturated rings. The van der Waals surface area contributed by atoms with E-state index >= 15 is 0 Å². The Bertz CT molecular complexity index is 537. The van der Waals surface area contributed by atoms with Crippen LogP contribution in [0.15, 0.2) is 9.72 Å². The normalized spacial score (nSPS) is 24.9. The van der Waals surface area contributed by atoms with Crippen molar-refractivity contribution in [2.24, 2.45) is 5.92 Å². The first-order chi connectivity index (χ1) is 11.2. The number of thiazole rings is 1. The minimum absolute atomic E-state index is 0.258. The summed E-state index contributed by atoms with van der Waals surface area (Å²) in [7, 11) is 1.75. The van der Waals surface area contributed by atoms with E-state index < -0.39 is 0 Å². The molecule has 3 aliphatic heterocycles. The summed E-state index contributed by atoms with van der Waals surface area (Å²) < 4.78 is 6.22. The van der Waals surface area contributed by atoms with Crippen LogP contribution in [0.25, 0.3) is 0 Å². The second-order valence-electron chi connectivity index (χ2n) is 6.43. The average Bonchev–Trinajstić information content (AvgIpc) is 2.77. The van der Waals surface area contributed by atoms with Gasteiger partial charge in [-0.3, -0.25) is 9.69 Å². The zero-order chi connectivity index (χ0) is 16.2. The first-order valence-electron chi connectivity index (χ1n) is 8.21. The van der Waals surface area contributed by atoms with E-state index in [9.17, 15) is 4.79 Å². The van der Waals surface area contributed by atoms with Crippen LogP contribution < -0.4 is 0 Å². The third-order valence-electron chi connectivity index (χ3n) is 4.68. The molecule has 0 aliphatic carbocycles. The predicted octanol–water partition coefficient (Wildman–Crippen LogP) is 2.11. The predicted molar refractivity (Wildman–Crippen MR) is 94.1 cm³/mol. The van der Waals surface area contributed by atoms with Crippen molar-refractivity contribution >= 4 is 29.0 Å². The number of amides is 1. The number of piperidine rings is 1. The maximum absolute atomic E-state index is 12.6. The van der Waals surface area contributed by atoms with Gasteiger partial charge in [0.15, 0.2) is 4.34 Å². The maximum Gasteiger partial charge on any atom is 0.233 e. The first kappa shape index (κ1) is 17.2. The lowest BCUT2D eigenvalue weighted by molar-refractivity contribution is -0.128. The summed E-state index contributed by atoms with van der Waals surface area (Å²) in [4.78, 5) is 21.6. The van der Waals surface area contributed by atoms with Crippen LogP contribution >= 0.6 is 23.1 Å². The van der Waals surface area contributed by atoms with E-state index in [1.165, 1.54) is 12.8 Å². The van der Waals surface area contributed by atoms with Gasteiger partial charge < -0.3 is 9.64 Å². The van der Waals surface area contributed by atoms with Crippen molar-refractivity contribution in [1.29, 1.82) is 0 Å². The summed E-state index contributed by atoms with van der Waals surface area (Å²) in [5, 5.41) is 2.03. The molecule has 23 heavy (non-hydrogen) atoms. The van der Waals surface area contributed by atoms with Gasteiger partial charge in [-0.1, -0.05) is 11.8 Å². The van der Waals surface area contributed by atoms with Crippen molar-refractivity contribution < 1.29 is 9.53 Å². The van der Waals surface area contributed by atoms with Crippen molar-refractivity contribution in [2.45, 2.75) is 30.1 Å². The lowest BCUT2D eigenvalue weighted by atomic mass is 9.95. The number of fused-ring (bicyclic) bond motifs is 4. The lowest BCUT2D eigenvalue weighted by Crippen LogP contribution is -2.45. The van der Waals surface area contributed by atoms with Crippen LogP contribution in [0, 0.1) is 12.8 Å². The van der Waals surface area contributed by atoms with Crippen LogP contribution in [0.2, 0.25) is 0 Å².